The second-order valence-electron chi connectivity index (χ2n) is 4.41. The Labute approximate surface area is 97.7 Å². The number of anilines is 1. The molecule has 16 heavy (non-hydrogen) atoms. The Hall–Kier alpha value is -1.50. The van der Waals surface area contributed by atoms with E-state index in [9.17, 15) is 0 Å². The SMILES string of the molecule is CCN(c1ccc2ccccc2c1)C(C)C. The van der Waals surface area contributed by atoms with E-state index in [0.717, 1.165) is 6.54 Å². The minimum atomic E-state index is 0.547. The third-order valence-corrected chi connectivity index (χ3v) is 3.03. The first-order chi connectivity index (χ1) is 7.72. The Morgan fingerprint density at radius 2 is 1.69 bits per heavy atom. The Balaban J connectivity index is 2.45. The maximum absolute atomic E-state index is 2.41. The van der Waals surface area contributed by atoms with Gasteiger partial charge >= 0.3 is 0 Å². The van der Waals surface area contributed by atoms with E-state index in [4.69, 9.17) is 0 Å². The number of hydrogen-bond acceptors (Lipinski definition) is 1. The molecule has 0 aliphatic heterocycles. The number of fused-ring (bicyclic) bond motifs is 1. The van der Waals surface area contributed by atoms with Gasteiger partial charge in [-0.25, -0.2) is 0 Å². The van der Waals surface area contributed by atoms with E-state index in [1.807, 2.05) is 0 Å². The summed E-state index contributed by atoms with van der Waals surface area (Å²) < 4.78 is 0. The molecular formula is C15H19N. The normalized spacial score (nSPS) is 11.0. The standard InChI is InChI=1S/C15H19N/c1-4-16(12(2)3)15-10-9-13-7-5-6-8-14(13)11-15/h5-12H,4H2,1-3H3. The minimum absolute atomic E-state index is 0.547. The van der Waals surface area contributed by atoms with Gasteiger partial charge in [0.1, 0.15) is 0 Å². The molecule has 0 radical (unpaired) electrons. The van der Waals surface area contributed by atoms with Crippen LogP contribution in [-0.4, -0.2) is 12.6 Å². The van der Waals surface area contributed by atoms with Crippen molar-refractivity contribution in [1.29, 1.82) is 0 Å². The predicted octanol–water partition coefficient (Wildman–Crippen LogP) is 4.07. The van der Waals surface area contributed by atoms with E-state index in [0.29, 0.717) is 6.04 Å². The molecule has 0 aromatic heterocycles. The van der Waals surface area contributed by atoms with Crippen molar-refractivity contribution in [3.05, 3.63) is 42.5 Å². The lowest BCUT2D eigenvalue weighted by Gasteiger charge is -2.27. The zero-order valence-electron chi connectivity index (χ0n) is 10.3. The number of benzene rings is 2. The first-order valence-electron chi connectivity index (χ1n) is 5.98. The molecule has 0 saturated heterocycles. The lowest BCUT2D eigenvalue weighted by Crippen LogP contribution is -2.30. The van der Waals surface area contributed by atoms with Crippen molar-refractivity contribution < 1.29 is 0 Å². The average molecular weight is 213 g/mol. The van der Waals surface area contributed by atoms with Crippen LogP contribution in [0.15, 0.2) is 42.5 Å². The predicted molar refractivity (Wildman–Crippen MR) is 72.1 cm³/mol. The van der Waals surface area contributed by atoms with E-state index < -0.39 is 0 Å². The molecule has 0 fully saturated rings. The van der Waals surface area contributed by atoms with Crippen molar-refractivity contribution in [2.75, 3.05) is 11.4 Å². The van der Waals surface area contributed by atoms with Gasteiger partial charge in [0.2, 0.25) is 0 Å². The van der Waals surface area contributed by atoms with Crippen molar-refractivity contribution in [2.24, 2.45) is 0 Å². The summed E-state index contributed by atoms with van der Waals surface area (Å²) in [5.41, 5.74) is 1.32. The first-order valence-corrected chi connectivity index (χ1v) is 5.98. The van der Waals surface area contributed by atoms with Gasteiger partial charge in [0.05, 0.1) is 0 Å². The molecule has 2 aromatic rings. The highest BCUT2D eigenvalue weighted by Crippen LogP contribution is 2.23. The Kier molecular flexibility index (Phi) is 3.14. The van der Waals surface area contributed by atoms with Crippen molar-refractivity contribution in [3.63, 3.8) is 0 Å². The molecule has 0 N–H and O–H groups in total. The fourth-order valence-electron chi connectivity index (χ4n) is 2.20. The van der Waals surface area contributed by atoms with Gasteiger partial charge < -0.3 is 4.90 Å². The molecule has 2 aromatic carbocycles. The zero-order chi connectivity index (χ0) is 11.5. The van der Waals surface area contributed by atoms with Crippen LogP contribution in [0.25, 0.3) is 10.8 Å². The smallest absolute Gasteiger partial charge is 0.0374 e. The average Bonchev–Trinajstić information content (AvgIpc) is 2.29. The minimum Gasteiger partial charge on any atom is -0.369 e. The van der Waals surface area contributed by atoms with Gasteiger partial charge in [-0.3, -0.25) is 0 Å². The van der Waals surface area contributed by atoms with Crippen LogP contribution in [0.1, 0.15) is 20.8 Å². The largest absolute Gasteiger partial charge is 0.369 e. The fraction of sp³-hybridized carbons (Fsp3) is 0.333. The lowest BCUT2D eigenvalue weighted by molar-refractivity contribution is 0.704. The molecule has 1 nitrogen and oxygen atoms in total. The van der Waals surface area contributed by atoms with Crippen LogP contribution in [0.5, 0.6) is 0 Å². The van der Waals surface area contributed by atoms with Gasteiger partial charge in [0.15, 0.2) is 0 Å². The molecule has 0 aliphatic rings. The highest BCUT2D eigenvalue weighted by atomic mass is 15.1. The highest BCUT2D eigenvalue weighted by molar-refractivity contribution is 5.85. The molecular weight excluding hydrogens is 194 g/mol. The van der Waals surface area contributed by atoms with Crippen LogP contribution in [-0.2, 0) is 0 Å². The van der Waals surface area contributed by atoms with Gasteiger partial charge in [-0.15, -0.1) is 0 Å². The van der Waals surface area contributed by atoms with Crippen LogP contribution < -0.4 is 4.90 Å². The topological polar surface area (TPSA) is 3.24 Å². The molecule has 84 valence electrons. The summed E-state index contributed by atoms with van der Waals surface area (Å²) in [6, 6.07) is 15.8. The van der Waals surface area contributed by atoms with Crippen LogP contribution in [0.2, 0.25) is 0 Å². The van der Waals surface area contributed by atoms with Gasteiger partial charge in [-0.05, 0) is 43.7 Å². The molecule has 0 aliphatic carbocycles. The van der Waals surface area contributed by atoms with Gasteiger partial charge in [-0.1, -0.05) is 30.3 Å². The second kappa shape index (κ2) is 4.56. The summed E-state index contributed by atoms with van der Waals surface area (Å²) in [7, 11) is 0. The second-order valence-corrected chi connectivity index (χ2v) is 4.41. The van der Waals surface area contributed by atoms with E-state index >= 15 is 0 Å². The molecule has 0 amide bonds. The van der Waals surface area contributed by atoms with Crippen molar-refractivity contribution in [2.45, 2.75) is 26.8 Å². The third kappa shape index (κ3) is 2.04. The van der Waals surface area contributed by atoms with Gasteiger partial charge in [0.25, 0.3) is 0 Å². The summed E-state index contributed by atoms with van der Waals surface area (Å²) in [6.07, 6.45) is 0. The molecule has 0 spiro atoms. The number of rotatable bonds is 3. The molecule has 2 rings (SSSR count). The van der Waals surface area contributed by atoms with Crippen molar-refractivity contribution >= 4 is 16.5 Å². The molecule has 0 atom stereocenters. The Morgan fingerprint density at radius 3 is 2.31 bits per heavy atom. The summed E-state index contributed by atoms with van der Waals surface area (Å²) in [6.45, 7) is 7.72. The molecule has 0 heterocycles. The van der Waals surface area contributed by atoms with E-state index in [2.05, 4.69) is 68.1 Å². The maximum Gasteiger partial charge on any atom is 0.0374 e. The molecule has 0 saturated carbocycles. The Bertz CT molecular complexity index is 474. The maximum atomic E-state index is 2.41. The third-order valence-electron chi connectivity index (χ3n) is 3.03. The van der Waals surface area contributed by atoms with E-state index in [-0.39, 0.29) is 0 Å². The van der Waals surface area contributed by atoms with E-state index in [1.54, 1.807) is 0 Å². The van der Waals surface area contributed by atoms with E-state index in [1.165, 1.54) is 16.5 Å². The van der Waals surface area contributed by atoms with Crippen LogP contribution >= 0.6 is 0 Å². The van der Waals surface area contributed by atoms with Crippen molar-refractivity contribution in [1.82, 2.24) is 0 Å². The molecule has 0 bridgehead atoms. The first kappa shape index (κ1) is 11.0. The lowest BCUT2D eigenvalue weighted by atomic mass is 10.1. The zero-order valence-corrected chi connectivity index (χ0v) is 10.3. The molecule has 1 heteroatoms. The fourth-order valence-corrected chi connectivity index (χ4v) is 2.20. The van der Waals surface area contributed by atoms with Crippen LogP contribution in [0.3, 0.4) is 0 Å². The highest BCUT2D eigenvalue weighted by Gasteiger charge is 2.08. The summed E-state index contributed by atoms with van der Waals surface area (Å²) in [4.78, 5) is 2.41. The number of nitrogens with zero attached hydrogens (tertiary/aromatic N) is 1. The monoisotopic (exact) mass is 213 g/mol. The van der Waals surface area contributed by atoms with Crippen molar-refractivity contribution in [3.8, 4) is 0 Å². The summed E-state index contributed by atoms with van der Waals surface area (Å²) >= 11 is 0. The van der Waals surface area contributed by atoms with Gasteiger partial charge in [0, 0.05) is 18.3 Å². The van der Waals surface area contributed by atoms with Gasteiger partial charge in [-0.2, -0.15) is 0 Å². The molecule has 0 unspecified atom stereocenters. The Morgan fingerprint density at radius 1 is 1.00 bits per heavy atom. The van der Waals surface area contributed by atoms with Crippen LogP contribution in [0, 0.1) is 0 Å². The summed E-state index contributed by atoms with van der Waals surface area (Å²) in [5.74, 6) is 0. The number of hydrogen-bond donors (Lipinski definition) is 0. The quantitative estimate of drug-likeness (QED) is 0.742. The summed E-state index contributed by atoms with van der Waals surface area (Å²) in [5, 5.41) is 2.63. The van der Waals surface area contributed by atoms with Crippen LogP contribution in [0.4, 0.5) is 5.69 Å².